The van der Waals surface area contributed by atoms with Crippen LogP contribution >= 0.6 is 0 Å². The van der Waals surface area contributed by atoms with Gasteiger partial charge in [0.05, 0.1) is 19.9 Å². The molecule has 0 aliphatic rings. The van der Waals surface area contributed by atoms with E-state index in [4.69, 9.17) is 9.15 Å². The van der Waals surface area contributed by atoms with E-state index >= 15 is 0 Å². The zero-order chi connectivity index (χ0) is 18.4. The summed E-state index contributed by atoms with van der Waals surface area (Å²) in [5, 5.41) is 10.3. The summed E-state index contributed by atoms with van der Waals surface area (Å²) in [5.74, 6) is 3.46. The number of aromatic nitrogens is 3. The van der Waals surface area contributed by atoms with Gasteiger partial charge in [-0.1, -0.05) is 18.2 Å². The highest BCUT2D eigenvalue weighted by Gasteiger charge is 2.12. The second kappa shape index (κ2) is 8.19. The maximum Gasteiger partial charge on any atom is 0.216 e. The highest BCUT2D eigenvalue weighted by atomic mass is 16.5. The van der Waals surface area contributed by atoms with Gasteiger partial charge in [0, 0.05) is 26.2 Å². The molecule has 1 aromatic carbocycles. The molecule has 0 atom stereocenters. The molecule has 136 valence electrons. The molecule has 0 aliphatic carbocycles. The fraction of sp³-hybridized carbons (Fsp3) is 0.278. The van der Waals surface area contributed by atoms with Crippen molar-refractivity contribution in [1.82, 2.24) is 25.4 Å². The lowest BCUT2D eigenvalue weighted by Gasteiger charge is -2.22. The summed E-state index contributed by atoms with van der Waals surface area (Å²) in [5.41, 5.74) is 1.08. The van der Waals surface area contributed by atoms with Gasteiger partial charge in [0.1, 0.15) is 11.6 Å². The topological polar surface area (TPSA) is 91.6 Å². The molecule has 8 nitrogen and oxygen atoms in total. The third-order valence-electron chi connectivity index (χ3n) is 3.86. The van der Waals surface area contributed by atoms with E-state index in [0.29, 0.717) is 30.5 Å². The number of para-hydroxylation sites is 1. The molecule has 0 aliphatic heterocycles. The molecule has 0 spiro atoms. The highest BCUT2D eigenvalue weighted by Crippen LogP contribution is 2.19. The fourth-order valence-electron chi connectivity index (χ4n) is 2.60. The van der Waals surface area contributed by atoms with Gasteiger partial charge in [-0.2, -0.15) is 0 Å². The van der Waals surface area contributed by atoms with Crippen molar-refractivity contribution in [3.8, 4) is 17.3 Å². The minimum Gasteiger partial charge on any atom is -0.496 e. The Kier molecular flexibility index (Phi) is 5.52. The molecule has 0 amide bonds. The molecule has 0 saturated heterocycles. The van der Waals surface area contributed by atoms with Gasteiger partial charge in [-0.25, -0.2) is 4.98 Å². The molecular formula is C18H22N6O2. The van der Waals surface area contributed by atoms with Crippen molar-refractivity contribution < 1.29 is 9.15 Å². The van der Waals surface area contributed by atoms with Crippen LogP contribution in [-0.4, -0.2) is 47.2 Å². The number of benzene rings is 1. The number of nitrogens with zero attached hydrogens (tertiary/aromatic N) is 4. The first kappa shape index (κ1) is 17.5. The average molecular weight is 354 g/mol. The van der Waals surface area contributed by atoms with Crippen LogP contribution < -0.4 is 10.1 Å². The lowest BCUT2D eigenvalue weighted by atomic mass is 10.2. The zero-order valence-corrected chi connectivity index (χ0v) is 15.1. The maximum absolute atomic E-state index is 5.41. The molecule has 2 heterocycles. The number of methoxy groups -OCH3 is 1. The lowest BCUT2D eigenvalue weighted by Crippen LogP contribution is -2.38. The summed E-state index contributed by atoms with van der Waals surface area (Å²) in [6, 6.07) is 11.6. The molecule has 0 fully saturated rings. The minimum atomic E-state index is 0.469. The SMILES string of the molecule is CN=C(NCc1nc(-c2ccco2)n[nH]1)N(C)Cc1ccccc1OC. The Labute approximate surface area is 151 Å². The first-order chi connectivity index (χ1) is 12.7. The number of aliphatic imine (C=N–C) groups is 1. The molecule has 0 saturated carbocycles. The molecular weight excluding hydrogens is 332 g/mol. The molecule has 2 aromatic heterocycles. The highest BCUT2D eigenvalue weighted by molar-refractivity contribution is 5.79. The monoisotopic (exact) mass is 354 g/mol. The van der Waals surface area contributed by atoms with E-state index in [1.165, 1.54) is 0 Å². The normalized spacial score (nSPS) is 11.4. The van der Waals surface area contributed by atoms with Crippen LogP contribution in [0.15, 0.2) is 52.1 Å². The van der Waals surface area contributed by atoms with Gasteiger partial charge >= 0.3 is 0 Å². The van der Waals surface area contributed by atoms with Crippen molar-refractivity contribution in [3.05, 3.63) is 54.0 Å². The third kappa shape index (κ3) is 4.02. The van der Waals surface area contributed by atoms with E-state index < -0.39 is 0 Å². The van der Waals surface area contributed by atoms with Crippen LogP contribution in [0.25, 0.3) is 11.6 Å². The van der Waals surface area contributed by atoms with Gasteiger partial charge < -0.3 is 19.4 Å². The van der Waals surface area contributed by atoms with Crippen molar-refractivity contribution in [2.45, 2.75) is 13.1 Å². The number of hydrogen-bond donors (Lipinski definition) is 2. The molecule has 26 heavy (non-hydrogen) atoms. The Morgan fingerprint density at radius 2 is 2.15 bits per heavy atom. The average Bonchev–Trinajstić information content (AvgIpc) is 3.34. The molecule has 2 N–H and O–H groups in total. The zero-order valence-electron chi connectivity index (χ0n) is 15.1. The quantitative estimate of drug-likeness (QED) is 0.521. The van der Waals surface area contributed by atoms with Gasteiger partial charge in [-0.05, 0) is 18.2 Å². The summed E-state index contributed by atoms with van der Waals surface area (Å²) in [6.45, 7) is 1.13. The summed E-state index contributed by atoms with van der Waals surface area (Å²) in [4.78, 5) is 10.8. The van der Waals surface area contributed by atoms with E-state index in [0.717, 1.165) is 17.3 Å². The number of ether oxygens (including phenoxy) is 1. The number of furan rings is 1. The van der Waals surface area contributed by atoms with Crippen molar-refractivity contribution in [3.63, 3.8) is 0 Å². The van der Waals surface area contributed by atoms with E-state index in [1.54, 1.807) is 26.5 Å². The lowest BCUT2D eigenvalue weighted by molar-refractivity contribution is 0.396. The van der Waals surface area contributed by atoms with Gasteiger partial charge in [-0.15, -0.1) is 5.10 Å². The number of H-pyrrole nitrogens is 1. The molecule has 3 rings (SSSR count). The minimum absolute atomic E-state index is 0.469. The number of nitrogens with one attached hydrogen (secondary N) is 2. The van der Waals surface area contributed by atoms with Crippen LogP contribution in [0.5, 0.6) is 5.75 Å². The molecule has 0 unspecified atom stereocenters. The number of aromatic amines is 1. The maximum atomic E-state index is 5.41. The van der Waals surface area contributed by atoms with Crippen molar-refractivity contribution in [1.29, 1.82) is 0 Å². The molecule has 0 radical (unpaired) electrons. The third-order valence-corrected chi connectivity index (χ3v) is 3.86. The first-order valence-electron chi connectivity index (χ1n) is 8.20. The second-order valence-electron chi connectivity index (χ2n) is 5.65. The van der Waals surface area contributed by atoms with Gasteiger partial charge in [0.2, 0.25) is 5.82 Å². The molecule has 8 heteroatoms. The summed E-state index contributed by atoms with van der Waals surface area (Å²) in [6.07, 6.45) is 1.60. The first-order valence-corrected chi connectivity index (χ1v) is 8.20. The van der Waals surface area contributed by atoms with Crippen LogP contribution in [0.3, 0.4) is 0 Å². The smallest absolute Gasteiger partial charge is 0.216 e. The summed E-state index contributed by atoms with van der Waals surface area (Å²) < 4.78 is 10.7. The summed E-state index contributed by atoms with van der Waals surface area (Å²) in [7, 11) is 5.39. The Hall–Kier alpha value is -3.29. The van der Waals surface area contributed by atoms with Crippen LogP contribution in [0.4, 0.5) is 0 Å². The predicted molar refractivity (Wildman–Crippen MR) is 98.7 cm³/mol. The van der Waals surface area contributed by atoms with Crippen LogP contribution in [0, 0.1) is 0 Å². The van der Waals surface area contributed by atoms with Crippen LogP contribution in [0.1, 0.15) is 11.4 Å². The van der Waals surface area contributed by atoms with Crippen molar-refractivity contribution in [2.75, 3.05) is 21.2 Å². The van der Waals surface area contributed by atoms with E-state index in [2.05, 4.69) is 25.5 Å². The van der Waals surface area contributed by atoms with Gasteiger partial charge in [0.15, 0.2) is 11.7 Å². The van der Waals surface area contributed by atoms with Crippen LogP contribution in [-0.2, 0) is 13.1 Å². The Balaban J connectivity index is 1.61. The molecule has 3 aromatic rings. The number of guanidine groups is 1. The largest absolute Gasteiger partial charge is 0.496 e. The van der Waals surface area contributed by atoms with Crippen LogP contribution in [0.2, 0.25) is 0 Å². The Bertz CT molecular complexity index is 856. The molecule has 0 bridgehead atoms. The number of rotatable bonds is 6. The van der Waals surface area contributed by atoms with Gasteiger partial charge in [0.25, 0.3) is 0 Å². The van der Waals surface area contributed by atoms with Crippen molar-refractivity contribution >= 4 is 5.96 Å². The number of hydrogen-bond acceptors (Lipinski definition) is 5. The predicted octanol–water partition coefficient (Wildman–Crippen LogP) is 2.28. The van der Waals surface area contributed by atoms with E-state index in [9.17, 15) is 0 Å². The van der Waals surface area contributed by atoms with E-state index in [1.807, 2.05) is 42.3 Å². The van der Waals surface area contributed by atoms with Crippen molar-refractivity contribution in [2.24, 2.45) is 4.99 Å². The standard InChI is InChI=1S/C18H22N6O2/c1-19-18(24(2)12-13-7-4-5-8-14(13)25-3)20-11-16-21-17(23-22-16)15-9-6-10-26-15/h4-10H,11-12H2,1-3H3,(H,19,20)(H,21,22,23). The fourth-order valence-corrected chi connectivity index (χ4v) is 2.60. The summed E-state index contributed by atoms with van der Waals surface area (Å²) >= 11 is 0. The second-order valence-corrected chi connectivity index (χ2v) is 5.65. The van der Waals surface area contributed by atoms with E-state index in [-0.39, 0.29) is 0 Å². The Morgan fingerprint density at radius 3 is 2.88 bits per heavy atom. The van der Waals surface area contributed by atoms with Gasteiger partial charge in [-0.3, -0.25) is 10.1 Å². The Morgan fingerprint density at radius 1 is 1.31 bits per heavy atom.